The smallest absolute Gasteiger partial charge is 0.321 e. The molecule has 1 N–H and O–H groups in total. The summed E-state index contributed by atoms with van der Waals surface area (Å²) in [6, 6.07) is 26.6. The van der Waals surface area contributed by atoms with Crippen LogP contribution in [0.25, 0.3) is 21.5 Å². The molecule has 2 aliphatic rings. The molecule has 4 aromatic rings. The maximum atomic E-state index is 12.2. The number of nitrogens with zero attached hydrogens (tertiary/aromatic N) is 1. The van der Waals surface area contributed by atoms with Crippen LogP contribution >= 0.6 is 0 Å². The minimum absolute atomic E-state index is 0.00842. The number of carbonyl (C=O) groups excluding carboxylic acids is 1. The Morgan fingerprint density at radius 3 is 2.59 bits per heavy atom. The maximum absolute atomic E-state index is 12.2. The fraction of sp³-hybridized carbons (Fsp3) is 0.276. The van der Waals surface area contributed by atoms with Crippen LogP contribution in [0.1, 0.15) is 36.5 Å². The van der Waals surface area contributed by atoms with E-state index in [2.05, 4.69) is 92.0 Å². The molecule has 160 valence electrons. The maximum Gasteiger partial charge on any atom is 0.321 e. The van der Waals surface area contributed by atoms with Crippen molar-refractivity contribution in [1.82, 2.24) is 5.32 Å². The van der Waals surface area contributed by atoms with Crippen LogP contribution in [-0.4, -0.2) is 19.1 Å². The van der Waals surface area contributed by atoms with Gasteiger partial charge in [-0.3, -0.25) is 4.90 Å². The van der Waals surface area contributed by atoms with Gasteiger partial charge in [-0.15, -0.1) is 0 Å². The van der Waals surface area contributed by atoms with E-state index in [1.807, 2.05) is 4.90 Å². The molecule has 1 unspecified atom stereocenters. The summed E-state index contributed by atoms with van der Waals surface area (Å²) >= 11 is 0. The molecule has 6 rings (SSSR count). The zero-order valence-electron chi connectivity index (χ0n) is 18.7. The van der Waals surface area contributed by atoms with Crippen molar-refractivity contribution in [3.63, 3.8) is 0 Å². The summed E-state index contributed by atoms with van der Waals surface area (Å²) in [7, 11) is 0. The van der Waals surface area contributed by atoms with Crippen LogP contribution in [-0.2, 0) is 12.8 Å². The van der Waals surface area contributed by atoms with Crippen LogP contribution in [0.4, 0.5) is 10.5 Å². The second-order valence-corrected chi connectivity index (χ2v) is 9.99. The molecule has 0 radical (unpaired) electrons. The Hall–Kier alpha value is -3.33. The van der Waals surface area contributed by atoms with Crippen molar-refractivity contribution < 1.29 is 4.79 Å². The normalized spacial score (nSPS) is 19.9. The number of fused-ring (bicyclic) bond motifs is 5. The minimum Gasteiger partial charge on any atom is -0.336 e. The lowest BCUT2D eigenvalue weighted by Gasteiger charge is -2.41. The van der Waals surface area contributed by atoms with Gasteiger partial charge in [-0.2, -0.15) is 0 Å². The predicted molar refractivity (Wildman–Crippen MR) is 133 cm³/mol. The SMILES string of the molecule is CC1(C)Cc2c(ccc3c2ccc2ccccc23)CC1c1cccc(N2CCNC2=O)c1. The predicted octanol–water partition coefficient (Wildman–Crippen LogP) is 6.43. The van der Waals surface area contributed by atoms with Gasteiger partial charge in [0.15, 0.2) is 0 Å². The van der Waals surface area contributed by atoms with Gasteiger partial charge in [-0.05, 0) is 74.5 Å². The van der Waals surface area contributed by atoms with E-state index in [4.69, 9.17) is 0 Å². The van der Waals surface area contributed by atoms with Gasteiger partial charge in [-0.1, -0.05) is 74.5 Å². The lowest BCUT2D eigenvalue weighted by Crippen LogP contribution is -2.32. The van der Waals surface area contributed by atoms with Crippen LogP contribution in [0.5, 0.6) is 0 Å². The first-order chi connectivity index (χ1) is 15.5. The molecular weight excluding hydrogens is 392 g/mol. The van der Waals surface area contributed by atoms with E-state index >= 15 is 0 Å². The Morgan fingerprint density at radius 2 is 1.75 bits per heavy atom. The van der Waals surface area contributed by atoms with E-state index in [-0.39, 0.29) is 11.4 Å². The molecule has 32 heavy (non-hydrogen) atoms. The largest absolute Gasteiger partial charge is 0.336 e. The second-order valence-electron chi connectivity index (χ2n) is 9.99. The van der Waals surface area contributed by atoms with E-state index in [0.29, 0.717) is 12.5 Å². The van der Waals surface area contributed by atoms with Crippen LogP contribution in [0.2, 0.25) is 0 Å². The topological polar surface area (TPSA) is 32.3 Å². The Balaban J connectivity index is 1.43. The van der Waals surface area contributed by atoms with Crippen LogP contribution < -0.4 is 10.2 Å². The fourth-order valence-electron chi connectivity index (χ4n) is 5.87. The van der Waals surface area contributed by atoms with E-state index < -0.39 is 0 Å². The first kappa shape index (κ1) is 19.4. The molecule has 0 aromatic heterocycles. The Morgan fingerprint density at radius 1 is 0.906 bits per heavy atom. The zero-order valence-corrected chi connectivity index (χ0v) is 18.7. The monoisotopic (exact) mass is 420 g/mol. The second kappa shape index (κ2) is 7.09. The molecular formula is C29H28N2O. The van der Waals surface area contributed by atoms with Crippen LogP contribution in [0, 0.1) is 5.41 Å². The van der Waals surface area contributed by atoms with Crippen molar-refractivity contribution in [2.45, 2.75) is 32.6 Å². The molecule has 0 spiro atoms. The van der Waals surface area contributed by atoms with Gasteiger partial charge < -0.3 is 5.32 Å². The van der Waals surface area contributed by atoms with E-state index in [9.17, 15) is 4.79 Å². The molecule has 1 saturated heterocycles. The van der Waals surface area contributed by atoms with Gasteiger partial charge in [0, 0.05) is 18.8 Å². The van der Waals surface area contributed by atoms with E-state index in [0.717, 1.165) is 25.1 Å². The lowest BCUT2D eigenvalue weighted by molar-refractivity contribution is 0.252. The number of urea groups is 1. The number of benzene rings is 4. The summed E-state index contributed by atoms with van der Waals surface area (Å²) < 4.78 is 0. The van der Waals surface area contributed by atoms with Gasteiger partial charge in [0.05, 0.1) is 0 Å². The lowest BCUT2D eigenvalue weighted by atomic mass is 9.63. The number of hydrogen-bond acceptors (Lipinski definition) is 1. The average Bonchev–Trinajstić information content (AvgIpc) is 3.23. The first-order valence-corrected chi connectivity index (χ1v) is 11.6. The van der Waals surface area contributed by atoms with E-state index in [1.54, 1.807) is 0 Å². The highest BCUT2D eigenvalue weighted by Gasteiger charge is 2.37. The summed E-state index contributed by atoms with van der Waals surface area (Å²) in [5.74, 6) is 0.415. The first-order valence-electron chi connectivity index (χ1n) is 11.6. The van der Waals surface area contributed by atoms with Crippen molar-refractivity contribution in [2.75, 3.05) is 18.0 Å². The molecule has 1 aliphatic heterocycles. The minimum atomic E-state index is 0.00842. The number of nitrogens with one attached hydrogen (secondary N) is 1. The highest BCUT2D eigenvalue weighted by Crippen LogP contribution is 2.48. The molecule has 3 nitrogen and oxygen atoms in total. The average molecular weight is 421 g/mol. The Labute approximate surface area is 189 Å². The van der Waals surface area contributed by atoms with Crippen molar-refractivity contribution in [1.29, 1.82) is 0 Å². The fourth-order valence-corrected chi connectivity index (χ4v) is 5.87. The van der Waals surface area contributed by atoms with Crippen LogP contribution in [0.15, 0.2) is 72.8 Å². The summed E-state index contributed by atoms with van der Waals surface area (Å²) in [5, 5.41) is 8.31. The third-order valence-electron chi connectivity index (χ3n) is 7.58. The number of hydrogen-bond donors (Lipinski definition) is 1. The summed E-state index contributed by atoms with van der Waals surface area (Å²) in [6.45, 7) is 6.25. The molecule has 0 saturated carbocycles. The summed E-state index contributed by atoms with van der Waals surface area (Å²) in [4.78, 5) is 14.0. The Kier molecular flexibility index (Phi) is 4.29. The third-order valence-corrected chi connectivity index (χ3v) is 7.58. The molecule has 2 amide bonds. The van der Waals surface area contributed by atoms with Crippen molar-refractivity contribution in [2.24, 2.45) is 5.41 Å². The number of rotatable bonds is 2. The molecule has 1 atom stereocenters. The van der Waals surface area contributed by atoms with E-state index in [1.165, 1.54) is 38.2 Å². The van der Waals surface area contributed by atoms with Crippen molar-refractivity contribution in [3.05, 3.63) is 89.5 Å². The molecule has 0 bridgehead atoms. The number of amides is 2. The molecule has 1 heterocycles. The van der Waals surface area contributed by atoms with Gasteiger partial charge in [-0.25, -0.2) is 4.79 Å². The standard InChI is InChI=1S/C29H28N2O/c1-29(2)18-26-20(11-13-24-23-9-4-3-6-19(23)10-12-25(24)26)17-27(29)21-7-5-8-22(16-21)31-15-14-30-28(31)32/h3-13,16,27H,14-15,17-18H2,1-2H3,(H,30,32). The van der Waals surface area contributed by atoms with Crippen molar-refractivity contribution in [3.8, 4) is 0 Å². The molecule has 1 aliphatic carbocycles. The highest BCUT2D eigenvalue weighted by atomic mass is 16.2. The summed E-state index contributed by atoms with van der Waals surface area (Å²) in [5.41, 5.74) is 5.42. The van der Waals surface area contributed by atoms with Crippen LogP contribution in [0.3, 0.4) is 0 Å². The number of anilines is 1. The summed E-state index contributed by atoms with van der Waals surface area (Å²) in [6.07, 6.45) is 2.08. The highest BCUT2D eigenvalue weighted by molar-refractivity contribution is 6.08. The molecule has 3 heteroatoms. The molecule has 4 aromatic carbocycles. The van der Waals surface area contributed by atoms with Gasteiger partial charge in [0.25, 0.3) is 0 Å². The van der Waals surface area contributed by atoms with Crippen molar-refractivity contribution >= 4 is 33.3 Å². The third kappa shape index (κ3) is 2.99. The van der Waals surface area contributed by atoms with Gasteiger partial charge in [0.1, 0.15) is 0 Å². The number of carbonyl (C=O) groups is 1. The quantitative estimate of drug-likeness (QED) is 0.372. The Bertz CT molecular complexity index is 1370. The van der Waals surface area contributed by atoms with Gasteiger partial charge in [0.2, 0.25) is 0 Å². The molecule has 1 fully saturated rings. The zero-order chi connectivity index (χ0) is 21.9. The van der Waals surface area contributed by atoms with Gasteiger partial charge >= 0.3 is 6.03 Å².